The number of H-pyrrole nitrogens is 1. The molecular weight excluding hydrogens is 401 g/mol. The molecule has 0 radical (unpaired) electrons. The van der Waals surface area contributed by atoms with Crippen molar-refractivity contribution < 1.29 is 13.2 Å². The van der Waals surface area contributed by atoms with Crippen LogP contribution < -0.4 is 5.32 Å². The van der Waals surface area contributed by atoms with Crippen molar-refractivity contribution >= 4 is 29.3 Å². The summed E-state index contributed by atoms with van der Waals surface area (Å²) in [5, 5.41) is 4.22. The number of aromatic amines is 1. The molecular formula is C21H18ClF3N4. The number of halogens is 4. The Labute approximate surface area is 171 Å². The predicted octanol–water partition coefficient (Wildman–Crippen LogP) is 5.60. The maximum Gasteiger partial charge on any atom is 0.416 e. The fraction of sp³-hybridized carbons (Fsp3) is 0.143. The van der Waals surface area contributed by atoms with E-state index in [1.165, 1.54) is 12.1 Å². The first-order valence-corrected chi connectivity index (χ1v) is 8.75. The fourth-order valence-corrected chi connectivity index (χ4v) is 3.02. The van der Waals surface area contributed by atoms with E-state index in [9.17, 15) is 13.2 Å². The lowest BCUT2D eigenvalue weighted by Crippen LogP contribution is -2.06. The molecule has 4 aromatic rings. The third-order valence-corrected chi connectivity index (χ3v) is 4.51. The molecule has 0 atom stereocenters. The highest BCUT2D eigenvalue weighted by atomic mass is 35.5. The summed E-state index contributed by atoms with van der Waals surface area (Å²) in [6.45, 7) is 0.401. The maximum atomic E-state index is 12.6. The number of aromatic nitrogens is 3. The van der Waals surface area contributed by atoms with E-state index in [0.717, 1.165) is 46.3 Å². The molecule has 29 heavy (non-hydrogen) atoms. The third-order valence-electron chi connectivity index (χ3n) is 4.51. The highest BCUT2D eigenvalue weighted by Crippen LogP contribution is 2.29. The smallest absolute Gasteiger partial charge is 0.366 e. The Kier molecular flexibility index (Phi) is 6.08. The van der Waals surface area contributed by atoms with Gasteiger partial charge < -0.3 is 10.3 Å². The molecule has 0 saturated heterocycles. The van der Waals surface area contributed by atoms with Crippen LogP contribution in [-0.2, 0) is 19.1 Å². The molecule has 0 aliphatic carbocycles. The molecule has 8 heteroatoms. The number of anilines is 1. The molecule has 2 N–H and O–H groups in total. The van der Waals surface area contributed by atoms with Gasteiger partial charge in [-0.15, -0.1) is 12.4 Å². The zero-order valence-corrected chi connectivity index (χ0v) is 16.0. The lowest BCUT2D eigenvalue weighted by Gasteiger charge is -2.09. The summed E-state index contributed by atoms with van der Waals surface area (Å²) in [7, 11) is 0. The first-order chi connectivity index (χ1) is 13.5. The molecule has 150 valence electrons. The quantitative estimate of drug-likeness (QED) is 0.443. The van der Waals surface area contributed by atoms with Gasteiger partial charge in [-0.2, -0.15) is 13.2 Å². The minimum atomic E-state index is -4.32. The molecule has 0 fully saturated rings. The van der Waals surface area contributed by atoms with Gasteiger partial charge in [-0.1, -0.05) is 18.2 Å². The molecule has 0 aliphatic heterocycles. The van der Waals surface area contributed by atoms with Crippen LogP contribution >= 0.6 is 12.4 Å². The first-order valence-electron chi connectivity index (χ1n) is 8.75. The number of nitrogens with one attached hydrogen (secondary N) is 2. The van der Waals surface area contributed by atoms with Gasteiger partial charge in [0.1, 0.15) is 11.5 Å². The maximum absolute atomic E-state index is 12.6. The monoisotopic (exact) mass is 418 g/mol. The van der Waals surface area contributed by atoms with Crippen LogP contribution in [0.5, 0.6) is 0 Å². The van der Waals surface area contributed by atoms with E-state index in [1.807, 2.05) is 30.5 Å². The van der Waals surface area contributed by atoms with E-state index in [4.69, 9.17) is 0 Å². The number of hydrogen-bond acceptors (Lipinski definition) is 3. The van der Waals surface area contributed by atoms with Gasteiger partial charge >= 0.3 is 6.18 Å². The number of pyridine rings is 2. The molecule has 4 rings (SSSR count). The minimum Gasteiger partial charge on any atom is -0.366 e. The second-order valence-corrected chi connectivity index (χ2v) is 6.49. The van der Waals surface area contributed by atoms with Crippen molar-refractivity contribution in [3.63, 3.8) is 0 Å². The molecule has 3 heterocycles. The number of fused-ring (bicyclic) bond motifs is 1. The summed E-state index contributed by atoms with van der Waals surface area (Å²) in [5.74, 6) is 0.671. The van der Waals surface area contributed by atoms with Gasteiger partial charge in [-0.05, 0) is 47.0 Å². The summed E-state index contributed by atoms with van der Waals surface area (Å²) in [6.07, 6.45) is 1.92. The van der Waals surface area contributed by atoms with Crippen LogP contribution in [0.2, 0.25) is 0 Å². The van der Waals surface area contributed by atoms with Crippen molar-refractivity contribution in [2.75, 3.05) is 5.32 Å². The third kappa shape index (κ3) is 4.86. The highest BCUT2D eigenvalue weighted by molar-refractivity contribution is 5.85. The SMILES string of the molecule is Cl.FC(F)(F)c1ccc(CNc2ccc(Cc3c[nH]c4ncccc34)cn2)cc1. The van der Waals surface area contributed by atoms with Crippen LogP contribution in [0, 0.1) is 0 Å². The first kappa shape index (κ1) is 20.7. The van der Waals surface area contributed by atoms with E-state index in [2.05, 4.69) is 20.3 Å². The summed E-state index contributed by atoms with van der Waals surface area (Å²) >= 11 is 0. The zero-order chi connectivity index (χ0) is 19.6. The Balaban J connectivity index is 0.00000240. The Morgan fingerprint density at radius 2 is 1.69 bits per heavy atom. The van der Waals surface area contributed by atoms with E-state index in [-0.39, 0.29) is 12.4 Å². The lowest BCUT2D eigenvalue weighted by atomic mass is 10.1. The summed E-state index contributed by atoms with van der Waals surface area (Å²) < 4.78 is 37.8. The summed E-state index contributed by atoms with van der Waals surface area (Å²) in [5.41, 5.74) is 3.18. The second kappa shape index (κ2) is 8.53. The van der Waals surface area contributed by atoms with Gasteiger partial charge in [-0.3, -0.25) is 0 Å². The number of alkyl halides is 3. The number of hydrogen-bond donors (Lipinski definition) is 2. The molecule has 0 saturated carbocycles. The van der Waals surface area contributed by atoms with Crippen LogP contribution in [0.3, 0.4) is 0 Å². The predicted molar refractivity (Wildman–Crippen MR) is 109 cm³/mol. The zero-order valence-electron chi connectivity index (χ0n) is 15.2. The second-order valence-electron chi connectivity index (χ2n) is 6.49. The topological polar surface area (TPSA) is 53.6 Å². The Morgan fingerprint density at radius 1 is 0.931 bits per heavy atom. The molecule has 0 spiro atoms. The molecule has 4 nitrogen and oxygen atoms in total. The molecule has 1 aromatic carbocycles. The fourth-order valence-electron chi connectivity index (χ4n) is 3.02. The molecule has 0 bridgehead atoms. The van der Waals surface area contributed by atoms with Gasteiger partial charge in [0.05, 0.1) is 5.56 Å². The molecule has 3 aromatic heterocycles. The normalized spacial score (nSPS) is 11.3. The van der Waals surface area contributed by atoms with Crippen molar-refractivity contribution in [3.05, 3.63) is 89.4 Å². The van der Waals surface area contributed by atoms with E-state index < -0.39 is 11.7 Å². The van der Waals surface area contributed by atoms with Crippen LogP contribution in [0.1, 0.15) is 22.3 Å². The van der Waals surface area contributed by atoms with Gasteiger partial charge in [0.15, 0.2) is 0 Å². The van der Waals surface area contributed by atoms with Crippen LogP contribution in [0.25, 0.3) is 11.0 Å². The van der Waals surface area contributed by atoms with Crippen LogP contribution in [-0.4, -0.2) is 15.0 Å². The number of rotatable bonds is 5. The van der Waals surface area contributed by atoms with E-state index in [1.54, 1.807) is 12.4 Å². The van der Waals surface area contributed by atoms with E-state index in [0.29, 0.717) is 12.4 Å². The molecule has 0 amide bonds. The van der Waals surface area contributed by atoms with Gasteiger partial charge in [0, 0.05) is 36.9 Å². The molecule has 0 aliphatic rings. The highest BCUT2D eigenvalue weighted by Gasteiger charge is 2.29. The number of benzene rings is 1. The summed E-state index contributed by atoms with van der Waals surface area (Å²) in [4.78, 5) is 11.8. The largest absolute Gasteiger partial charge is 0.416 e. The molecule has 0 unspecified atom stereocenters. The summed E-state index contributed by atoms with van der Waals surface area (Å²) in [6, 6.07) is 12.9. The van der Waals surface area contributed by atoms with Crippen molar-refractivity contribution in [2.24, 2.45) is 0 Å². The van der Waals surface area contributed by atoms with Crippen molar-refractivity contribution in [1.82, 2.24) is 15.0 Å². The Hall–Kier alpha value is -3.06. The van der Waals surface area contributed by atoms with E-state index >= 15 is 0 Å². The average Bonchev–Trinajstić information content (AvgIpc) is 3.10. The van der Waals surface area contributed by atoms with Crippen LogP contribution in [0.4, 0.5) is 19.0 Å². The lowest BCUT2D eigenvalue weighted by molar-refractivity contribution is -0.137. The number of nitrogens with zero attached hydrogens (tertiary/aromatic N) is 2. The van der Waals surface area contributed by atoms with Gasteiger partial charge in [0.25, 0.3) is 0 Å². The van der Waals surface area contributed by atoms with Crippen molar-refractivity contribution in [3.8, 4) is 0 Å². The Bertz CT molecular complexity index is 1070. The standard InChI is InChI=1S/C21H17F3N4.ClH/c22-21(23,24)17-6-3-14(4-7-17)11-26-19-8-5-15(12-27-19)10-16-13-28-20-18(16)2-1-9-25-20;/h1-9,12-13H,10-11H2,(H,25,28)(H,26,27);1H. The van der Waals surface area contributed by atoms with Crippen molar-refractivity contribution in [2.45, 2.75) is 19.1 Å². The average molecular weight is 419 g/mol. The van der Waals surface area contributed by atoms with Crippen molar-refractivity contribution in [1.29, 1.82) is 0 Å². The minimum absolute atomic E-state index is 0. The Morgan fingerprint density at radius 3 is 2.38 bits per heavy atom. The van der Waals surface area contributed by atoms with Gasteiger partial charge in [-0.25, -0.2) is 9.97 Å². The van der Waals surface area contributed by atoms with Crippen LogP contribution in [0.15, 0.2) is 67.1 Å². The van der Waals surface area contributed by atoms with Gasteiger partial charge in [0.2, 0.25) is 0 Å².